The van der Waals surface area contributed by atoms with Crippen LogP contribution in [0, 0.1) is 5.41 Å². The number of H-pyrrole nitrogens is 2. The summed E-state index contributed by atoms with van der Waals surface area (Å²) in [5.74, 6) is 0. The molecule has 0 aliphatic rings. The number of aliphatic hydroxyl groups excluding tert-OH is 1. The highest BCUT2D eigenvalue weighted by atomic mass is 16.2. The lowest BCUT2D eigenvalue weighted by Gasteiger charge is -2.20. The number of para-hydroxylation sites is 2. The van der Waals surface area contributed by atoms with Crippen LogP contribution in [0.2, 0.25) is 0 Å². The Kier molecular flexibility index (Phi) is 6.57. The molecule has 4 heteroatoms. The molecule has 0 fully saturated rings. The number of hydrogen-bond acceptors (Lipinski definition) is 2. The second-order valence-electron chi connectivity index (χ2n) is 6.08. The van der Waals surface area contributed by atoms with Crippen molar-refractivity contribution >= 4 is 11.0 Å². The largest absolute Gasteiger partial charge is 0.516 e. The molecule has 4 nitrogen and oxygen atoms in total. The Bertz CT molecular complexity index is 621. The smallest absolute Gasteiger partial charge is 0.0791 e. The summed E-state index contributed by atoms with van der Waals surface area (Å²) in [5, 5.41) is 14.5. The van der Waals surface area contributed by atoms with Gasteiger partial charge in [-0.05, 0) is 41.7 Å². The highest BCUT2D eigenvalue weighted by molar-refractivity contribution is 5.75. The maximum atomic E-state index is 8.60. The molecular formula is C18H27N3O. The minimum absolute atomic E-state index is 0.0410. The predicted molar refractivity (Wildman–Crippen MR) is 94.5 cm³/mol. The van der Waals surface area contributed by atoms with Crippen LogP contribution in [-0.2, 0) is 0 Å². The molecule has 1 aromatic heterocycles. The average molecular weight is 301 g/mol. The Morgan fingerprint density at radius 3 is 2.05 bits per heavy atom. The van der Waals surface area contributed by atoms with Crippen molar-refractivity contribution in [2.75, 3.05) is 0 Å². The van der Waals surface area contributed by atoms with Crippen molar-refractivity contribution in [3.63, 3.8) is 0 Å². The Labute approximate surface area is 132 Å². The molecule has 22 heavy (non-hydrogen) atoms. The summed E-state index contributed by atoms with van der Waals surface area (Å²) in [7, 11) is 0. The third kappa shape index (κ3) is 5.56. The van der Waals surface area contributed by atoms with Crippen LogP contribution in [0.3, 0.4) is 0 Å². The molecule has 0 unspecified atom stereocenters. The molecule has 1 aromatic carbocycles. The molecule has 0 radical (unpaired) electrons. The summed E-state index contributed by atoms with van der Waals surface area (Å²) in [6.45, 7) is 8.37. The second kappa shape index (κ2) is 8.17. The van der Waals surface area contributed by atoms with E-state index in [0.717, 1.165) is 24.0 Å². The fourth-order valence-corrected chi connectivity index (χ4v) is 1.74. The lowest BCUT2D eigenvalue weighted by molar-refractivity contribution is 0.473. The van der Waals surface area contributed by atoms with Crippen molar-refractivity contribution < 1.29 is 5.11 Å². The van der Waals surface area contributed by atoms with E-state index in [-0.39, 0.29) is 5.41 Å². The quantitative estimate of drug-likeness (QED) is 0.486. The van der Waals surface area contributed by atoms with E-state index in [1.165, 1.54) is 11.0 Å². The van der Waals surface area contributed by atoms with Crippen molar-refractivity contribution in [1.82, 2.24) is 10.2 Å². The average Bonchev–Trinajstić information content (AvgIpc) is 2.44. The van der Waals surface area contributed by atoms with E-state index >= 15 is 0 Å². The Morgan fingerprint density at radius 2 is 1.73 bits per heavy atom. The van der Waals surface area contributed by atoms with Crippen molar-refractivity contribution in [3.8, 4) is 0 Å². The number of aromatic nitrogens is 2. The zero-order valence-corrected chi connectivity index (χ0v) is 13.9. The second-order valence-corrected chi connectivity index (χ2v) is 6.08. The predicted octanol–water partition coefficient (Wildman–Crippen LogP) is 4.78. The number of benzene rings is 1. The van der Waals surface area contributed by atoms with Gasteiger partial charge in [-0.15, -0.1) is 0 Å². The molecular weight excluding hydrogens is 274 g/mol. The lowest BCUT2D eigenvalue weighted by atomic mass is 9.85. The number of nitrogens with one attached hydrogen (secondary N) is 2. The molecule has 1 heterocycles. The lowest BCUT2D eigenvalue weighted by Crippen LogP contribution is -2.09. The number of aliphatic hydroxyl groups is 1. The Morgan fingerprint density at radius 1 is 1.18 bits per heavy atom. The molecule has 0 saturated carbocycles. The standard InChI is InChI=1S/C12H21NO.C6H6N2/c1-5-11(13)9-10(7-6-8-14)12(2,3)4;1-2-4-6-5(3-1)7-8-6/h6-9,14H,5,13H2,1-4H3;1-4,7-8H/b8-6+,10-7+,11-9+;. The van der Waals surface area contributed by atoms with Crippen molar-refractivity contribution in [3.05, 3.63) is 60.0 Å². The van der Waals surface area contributed by atoms with Crippen molar-refractivity contribution in [2.24, 2.45) is 11.1 Å². The van der Waals surface area contributed by atoms with Crippen LogP contribution in [0.4, 0.5) is 0 Å². The number of fused-ring (bicyclic) bond motifs is 1. The van der Waals surface area contributed by atoms with Gasteiger partial charge in [0, 0.05) is 5.70 Å². The van der Waals surface area contributed by atoms with Gasteiger partial charge in [0.25, 0.3) is 0 Å². The molecule has 0 amide bonds. The molecule has 0 bridgehead atoms. The van der Waals surface area contributed by atoms with Gasteiger partial charge in [0.15, 0.2) is 0 Å². The molecule has 0 spiro atoms. The SMILES string of the molecule is CC\C(N)=C/C(=C\C=C\O)C(C)(C)C.c1ccc2[nH][nH]c2c1. The van der Waals surface area contributed by atoms with Crippen LogP contribution >= 0.6 is 0 Å². The molecule has 5 N–H and O–H groups in total. The first-order valence-electron chi connectivity index (χ1n) is 7.47. The van der Waals surface area contributed by atoms with Gasteiger partial charge in [0.1, 0.15) is 0 Å². The van der Waals surface area contributed by atoms with Crippen LogP contribution in [0.15, 0.2) is 60.0 Å². The van der Waals surface area contributed by atoms with Crippen LogP contribution in [-0.4, -0.2) is 15.3 Å². The number of hydrogen-bond donors (Lipinski definition) is 4. The third-order valence-electron chi connectivity index (χ3n) is 3.24. The summed E-state index contributed by atoms with van der Waals surface area (Å²) in [5.41, 5.74) is 10.2. The van der Waals surface area contributed by atoms with E-state index in [4.69, 9.17) is 10.8 Å². The highest BCUT2D eigenvalue weighted by Crippen LogP contribution is 2.27. The van der Waals surface area contributed by atoms with Gasteiger partial charge >= 0.3 is 0 Å². The molecule has 0 aliphatic heterocycles. The summed E-state index contributed by atoms with van der Waals surface area (Å²) in [6.07, 6.45) is 7.33. The van der Waals surface area contributed by atoms with Gasteiger partial charge in [-0.2, -0.15) is 0 Å². The van der Waals surface area contributed by atoms with Crippen LogP contribution < -0.4 is 5.73 Å². The van der Waals surface area contributed by atoms with E-state index in [0.29, 0.717) is 0 Å². The number of allylic oxidation sites excluding steroid dienone is 5. The zero-order chi connectivity index (χ0) is 16.6. The summed E-state index contributed by atoms with van der Waals surface area (Å²) >= 11 is 0. The molecule has 2 rings (SSSR count). The zero-order valence-electron chi connectivity index (χ0n) is 13.9. The van der Waals surface area contributed by atoms with Gasteiger partial charge in [0.05, 0.1) is 17.3 Å². The molecule has 2 aromatic rings. The highest BCUT2D eigenvalue weighted by Gasteiger charge is 2.14. The normalized spacial score (nSPS) is 13.5. The summed E-state index contributed by atoms with van der Waals surface area (Å²) in [4.78, 5) is 0. The number of rotatable bonds is 3. The van der Waals surface area contributed by atoms with Gasteiger partial charge in [-0.1, -0.05) is 45.9 Å². The minimum Gasteiger partial charge on any atom is -0.516 e. The summed E-state index contributed by atoms with van der Waals surface area (Å²) < 4.78 is 0. The van der Waals surface area contributed by atoms with Gasteiger partial charge < -0.3 is 10.8 Å². The van der Waals surface area contributed by atoms with Crippen LogP contribution in [0.25, 0.3) is 11.0 Å². The maximum absolute atomic E-state index is 8.60. The van der Waals surface area contributed by atoms with Gasteiger partial charge in [0.2, 0.25) is 0 Å². The third-order valence-corrected chi connectivity index (χ3v) is 3.24. The first kappa shape index (κ1) is 17.7. The van der Waals surface area contributed by atoms with Crippen LogP contribution in [0.1, 0.15) is 34.1 Å². The van der Waals surface area contributed by atoms with E-state index in [1.54, 1.807) is 6.08 Å². The fraction of sp³-hybridized carbons (Fsp3) is 0.333. The maximum Gasteiger partial charge on any atom is 0.0791 e. The summed E-state index contributed by atoms with van der Waals surface area (Å²) in [6, 6.07) is 8.08. The Hall–Kier alpha value is -2.36. The monoisotopic (exact) mass is 301 g/mol. The van der Waals surface area contributed by atoms with Gasteiger partial charge in [-0.3, -0.25) is 10.2 Å². The first-order chi connectivity index (χ1) is 10.4. The van der Waals surface area contributed by atoms with E-state index in [2.05, 4.69) is 31.0 Å². The molecule has 0 saturated heterocycles. The van der Waals surface area contributed by atoms with Gasteiger partial charge in [-0.25, -0.2) is 0 Å². The minimum atomic E-state index is 0.0410. The Balaban J connectivity index is 0.000000249. The molecule has 0 aliphatic carbocycles. The molecule has 120 valence electrons. The van der Waals surface area contributed by atoms with Crippen molar-refractivity contribution in [1.29, 1.82) is 0 Å². The van der Waals surface area contributed by atoms with Crippen molar-refractivity contribution in [2.45, 2.75) is 34.1 Å². The topological polar surface area (TPSA) is 77.8 Å². The number of aromatic amines is 2. The fourth-order valence-electron chi connectivity index (χ4n) is 1.74. The van der Waals surface area contributed by atoms with E-state index < -0.39 is 0 Å². The van der Waals surface area contributed by atoms with Crippen LogP contribution in [0.5, 0.6) is 0 Å². The van der Waals surface area contributed by atoms with E-state index in [9.17, 15) is 0 Å². The molecule has 0 atom stereocenters. The first-order valence-corrected chi connectivity index (χ1v) is 7.47. The van der Waals surface area contributed by atoms with E-state index in [1.807, 2.05) is 43.3 Å². The number of nitrogens with two attached hydrogens (primary N) is 1.